The first-order valence-corrected chi connectivity index (χ1v) is 16.7. The van der Waals surface area contributed by atoms with Gasteiger partial charge in [0.05, 0.1) is 38.8 Å². The highest BCUT2D eigenvalue weighted by Gasteiger charge is 2.33. The van der Waals surface area contributed by atoms with Crippen LogP contribution in [0.2, 0.25) is 0 Å². The molecule has 0 radical (unpaired) electrons. The van der Waals surface area contributed by atoms with Crippen molar-refractivity contribution >= 4 is 11.7 Å². The predicted octanol–water partition coefficient (Wildman–Crippen LogP) is 6.40. The van der Waals surface area contributed by atoms with Gasteiger partial charge in [-0.3, -0.25) is 9.78 Å². The van der Waals surface area contributed by atoms with E-state index >= 15 is 0 Å². The van der Waals surface area contributed by atoms with Gasteiger partial charge in [-0.05, 0) is 86.7 Å². The lowest BCUT2D eigenvalue weighted by molar-refractivity contribution is -0.141. The van der Waals surface area contributed by atoms with Gasteiger partial charge in [-0.25, -0.2) is 4.98 Å². The fraction of sp³-hybridized carbons (Fsp3) is 0.417. The van der Waals surface area contributed by atoms with E-state index in [1.807, 2.05) is 57.2 Å². The summed E-state index contributed by atoms with van der Waals surface area (Å²) in [5, 5.41) is 13.3. The standard InChI is InChI=1S/C24H28N4O4.C10H12F3N3O.C2H6/c1-17-16-18(12-13-25)4-10-22(17)32-20-7-5-19(6-8-20)31-15-3-14-26-24(29)21-9-11-23(30-2)28-27-21;11-10(12,13)8-4-14-5-9(16-8)15-7-2-1-3-17-6-7;1-2/h4-11,16H,3,12-15,25H2,1-2H3,(H,26,29);4-5,7H,1-3,6H2,(H,15,16);1-2H3. The Kier molecular flexibility index (Phi) is 16.8. The third-order valence-corrected chi connectivity index (χ3v) is 7.12. The maximum absolute atomic E-state index is 12.4. The first-order chi connectivity index (χ1) is 24.6. The first kappa shape index (κ1) is 40.4. The molecule has 2 aromatic heterocycles. The van der Waals surface area contributed by atoms with E-state index < -0.39 is 11.9 Å². The van der Waals surface area contributed by atoms with Crippen molar-refractivity contribution in [3.63, 3.8) is 0 Å². The molecule has 1 fully saturated rings. The smallest absolute Gasteiger partial charge is 0.434 e. The minimum Gasteiger partial charge on any atom is -0.494 e. The number of nitrogens with one attached hydrogen (secondary N) is 2. The molecular weight excluding hydrogens is 667 g/mol. The highest BCUT2D eigenvalue weighted by atomic mass is 19.4. The van der Waals surface area contributed by atoms with Crippen LogP contribution in [-0.4, -0.2) is 72.1 Å². The van der Waals surface area contributed by atoms with Crippen molar-refractivity contribution in [2.75, 3.05) is 45.3 Å². The van der Waals surface area contributed by atoms with Gasteiger partial charge in [-0.1, -0.05) is 26.0 Å². The Morgan fingerprint density at radius 3 is 2.43 bits per heavy atom. The summed E-state index contributed by atoms with van der Waals surface area (Å²) >= 11 is 0. The van der Waals surface area contributed by atoms with E-state index in [9.17, 15) is 18.0 Å². The van der Waals surface area contributed by atoms with Crippen LogP contribution in [0.1, 0.15) is 60.4 Å². The summed E-state index contributed by atoms with van der Waals surface area (Å²) in [6.45, 7) is 8.77. The highest BCUT2D eigenvalue weighted by molar-refractivity contribution is 5.92. The molecule has 4 aromatic rings. The van der Waals surface area contributed by atoms with E-state index in [2.05, 4.69) is 36.9 Å². The highest BCUT2D eigenvalue weighted by Crippen LogP contribution is 2.29. The number of nitrogens with two attached hydrogens (primary N) is 1. The topological polar surface area (TPSA) is 156 Å². The van der Waals surface area contributed by atoms with Gasteiger partial charge < -0.3 is 35.3 Å². The van der Waals surface area contributed by atoms with Crippen molar-refractivity contribution in [2.45, 2.75) is 58.7 Å². The number of nitrogens with zero attached hydrogens (tertiary/aromatic N) is 4. The van der Waals surface area contributed by atoms with Gasteiger partial charge in [0.15, 0.2) is 11.4 Å². The summed E-state index contributed by atoms with van der Waals surface area (Å²) in [5.74, 6) is 2.50. The van der Waals surface area contributed by atoms with Crippen LogP contribution in [0.15, 0.2) is 67.0 Å². The van der Waals surface area contributed by atoms with Gasteiger partial charge in [0.1, 0.15) is 23.1 Å². The number of methoxy groups -OCH3 is 1. The number of halogens is 3. The monoisotopic (exact) mass is 713 g/mol. The molecule has 0 bridgehead atoms. The molecule has 0 spiro atoms. The van der Waals surface area contributed by atoms with Crippen molar-refractivity contribution in [3.8, 4) is 23.1 Å². The normalized spacial score (nSPS) is 13.8. The minimum atomic E-state index is -4.46. The number of ether oxygens (including phenoxy) is 4. The van der Waals surface area contributed by atoms with Gasteiger partial charge >= 0.3 is 6.18 Å². The molecule has 276 valence electrons. The van der Waals surface area contributed by atoms with Crippen LogP contribution in [-0.2, 0) is 17.3 Å². The Morgan fingerprint density at radius 2 is 1.80 bits per heavy atom. The fourth-order valence-electron chi connectivity index (χ4n) is 4.62. The van der Waals surface area contributed by atoms with Crippen LogP contribution in [0.4, 0.5) is 19.0 Å². The zero-order chi connectivity index (χ0) is 37.1. The van der Waals surface area contributed by atoms with Crippen LogP contribution in [0, 0.1) is 6.92 Å². The van der Waals surface area contributed by atoms with E-state index in [1.165, 1.54) is 18.9 Å². The molecule has 51 heavy (non-hydrogen) atoms. The largest absolute Gasteiger partial charge is 0.494 e. The van der Waals surface area contributed by atoms with Crippen LogP contribution in [0.3, 0.4) is 0 Å². The third kappa shape index (κ3) is 14.0. The number of anilines is 1. The summed E-state index contributed by atoms with van der Waals surface area (Å²) in [5.41, 5.74) is 7.14. The van der Waals surface area contributed by atoms with Gasteiger partial charge in [0, 0.05) is 19.2 Å². The summed E-state index contributed by atoms with van der Waals surface area (Å²) in [7, 11) is 1.49. The van der Waals surface area contributed by atoms with Gasteiger partial charge in [0.25, 0.3) is 5.91 Å². The molecule has 0 aliphatic carbocycles. The summed E-state index contributed by atoms with van der Waals surface area (Å²) in [6, 6.07) is 16.7. The van der Waals surface area contributed by atoms with Crippen molar-refractivity contribution in [3.05, 3.63) is 89.5 Å². The van der Waals surface area contributed by atoms with Crippen molar-refractivity contribution in [1.82, 2.24) is 25.5 Å². The maximum atomic E-state index is 12.4. The number of hydrogen-bond acceptors (Lipinski definition) is 11. The Hall–Kier alpha value is -5.02. The molecule has 4 N–H and O–H groups in total. The number of aryl methyl sites for hydroxylation is 1. The second-order valence-corrected chi connectivity index (χ2v) is 11.0. The summed E-state index contributed by atoms with van der Waals surface area (Å²) in [6.07, 6.45) is 0.788. The Balaban J connectivity index is 0.000000310. The Morgan fingerprint density at radius 1 is 1.04 bits per heavy atom. The molecule has 12 nitrogen and oxygen atoms in total. The first-order valence-electron chi connectivity index (χ1n) is 16.7. The number of hydrogen-bond donors (Lipinski definition) is 3. The second-order valence-electron chi connectivity index (χ2n) is 11.0. The SMILES string of the molecule is CC.COc1ccc(C(=O)NCCCOc2ccc(Oc3ccc(CCN)cc3C)cc2)nn1.FC(F)(F)c1cncc(NC2CCCOC2)n1. The van der Waals surface area contributed by atoms with Gasteiger partial charge in [-0.2, -0.15) is 13.2 Å². The number of amides is 1. The summed E-state index contributed by atoms with van der Waals surface area (Å²) in [4.78, 5) is 19.0. The third-order valence-electron chi connectivity index (χ3n) is 7.12. The lowest BCUT2D eigenvalue weighted by Crippen LogP contribution is -2.30. The van der Waals surface area contributed by atoms with Crippen LogP contribution < -0.4 is 30.6 Å². The molecule has 1 amide bonds. The maximum Gasteiger partial charge on any atom is 0.434 e. The number of aromatic nitrogens is 4. The van der Waals surface area contributed by atoms with E-state index in [0.29, 0.717) is 51.4 Å². The average molecular weight is 714 g/mol. The molecule has 2 aromatic carbocycles. The quantitative estimate of drug-likeness (QED) is 0.132. The van der Waals surface area contributed by atoms with E-state index in [4.69, 9.17) is 24.7 Å². The number of carbonyl (C=O) groups excluding carboxylic acids is 1. The lowest BCUT2D eigenvalue weighted by atomic mass is 10.1. The number of benzene rings is 2. The van der Waals surface area contributed by atoms with Gasteiger partial charge in [0.2, 0.25) is 5.88 Å². The Bertz CT molecular complexity index is 1600. The molecule has 1 unspecified atom stereocenters. The predicted molar refractivity (Wildman–Crippen MR) is 187 cm³/mol. The molecule has 1 aliphatic heterocycles. The second kappa shape index (κ2) is 21.3. The number of rotatable bonds is 13. The number of alkyl halides is 3. The molecule has 0 saturated carbocycles. The van der Waals surface area contributed by atoms with E-state index in [-0.39, 0.29) is 23.5 Å². The Labute approximate surface area is 296 Å². The van der Waals surface area contributed by atoms with Crippen LogP contribution in [0.5, 0.6) is 23.1 Å². The molecule has 1 atom stereocenters. The van der Waals surface area contributed by atoms with Crippen LogP contribution in [0.25, 0.3) is 0 Å². The van der Waals surface area contributed by atoms with E-state index in [1.54, 1.807) is 12.1 Å². The zero-order valence-corrected chi connectivity index (χ0v) is 29.3. The van der Waals surface area contributed by atoms with Crippen molar-refractivity contribution in [1.29, 1.82) is 0 Å². The fourth-order valence-corrected chi connectivity index (χ4v) is 4.62. The van der Waals surface area contributed by atoms with Crippen molar-refractivity contribution in [2.24, 2.45) is 5.73 Å². The molecular formula is C36H46F3N7O5. The van der Waals surface area contributed by atoms with Gasteiger partial charge in [-0.15, -0.1) is 10.2 Å². The number of carbonyl (C=O) groups is 1. The lowest BCUT2D eigenvalue weighted by Gasteiger charge is -2.23. The molecule has 1 saturated heterocycles. The van der Waals surface area contributed by atoms with E-state index in [0.717, 1.165) is 42.1 Å². The molecule has 15 heteroatoms. The van der Waals surface area contributed by atoms with Crippen molar-refractivity contribution < 1.29 is 36.9 Å². The van der Waals surface area contributed by atoms with Crippen LogP contribution >= 0.6 is 0 Å². The average Bonchev–Trinajstić information content (AvgIpc) is 3.14. The zero-order valence-electron chi connectivity index (χ0n) is 29.3. The molecule has 1 aliphatic rings. The molecule has 5 rings (SSSR count). The molecule has 3 heterocycles. The summed E-state index contributed by atoms with van der Waals surface area (Å²) < 4.78 is 59.0. The minimum absolute atomic E-state index is 0.00142.